The van der Waals surface area contributed by atoms with Crippen LogP contribution in [-0.2, 0) is 4.79 Å². The molecule has 0 spiro atoms. The van der Waals surface area contributed by atoms with Crippen LogP contribution in [0.5, 0.6) is 5.75 Å². The molecule has 2 aromatic carbocycles. The summed E-state index contributed by atoms with van der Waals surface area (Å²) in [5.74, 6) is -0.295. The molecule has 0 unspecified atom stereocenters. The number of para-hydroxylation sites is 1. The topological polar surface area (TPSA) is 95.5 Å². The molecule has 21 heavy (non-hydrogen) atoms. The van der Waals surface area contributed by atoms with Crippen molar-refractivity contribution in [2.24, 2.45) is 5.73 Å². The van der Waals surface area contributed by atoms with Gasteiger partial charge in [-0.05, 0) is 35.9 Å². The Labute approximate surface area is 120 Å². The lowest BCUT2D eigenvalue weighted by atomic mass is 10.2. The number of hydrogen-bond acceptors (Lipinski definition) is 4. The molecule has 0 fully saturated rings. The van der Waals surface area contributed by atoms with Gasteiger partial charge in [-0.15, -0.1) is 0 Å². The number of rotatable bonds is 5. The molecular formula is C15H12N2O4. The minimum atomic E-state index is -0.725. The van der Waals surface area contributed by atoms with Gasteiger partial charge < -0.3 is 10.5 Å². The minimum Gasteiger partial charge on any atom is -0.452 e. The molecule has 0 aliphatic heterocycles. The average Bonchev–Trinajstić information content (AvgIpc) is 2.48. The van der Waals surface area contributed by atoms with E-state index in [1.807, 2.05) is 6.07 Å². The standard InChI is InChI=1S/C15H12N2O4/c16-15(18)14(21-13-4-2-1-3-5-13)10-11-6-8-12(9-7-11)17(19)20/h1-10H,(H2,16,18)/b14-10-. The van der Waals surface area contributed by atoms with Gasteiger partial charge in [-0.3, -0.25) is 14.9 Å². The molecule has 0 heterocycles. The molecule has 0 saturated carbocycles. The van der Waals surface area contributed by atoms with E-state index in [1.165, 1.54) is 30.3 Å². The van der Waals surface area contributed by atoms with Crippen molar-refractivity contribution in [3.63, 3.8) is 0 Å². The third-order valence-corrected chi connectivity index (χ3v) is 2.62. The van der Waals surface area contributed by atoms with Crippen LogP contribution in [0.25, 0.3) is 6.08 Å². The number of nitro benzene ring substituents is 1. The zero-order chi connectivity index (χ0) is 15.2. The Balaban J connectivity index is 2.25. The number of amides is 1. The number of carbonyl (C=O) groups is 1. The number of primary amides is 1. The summed E-state index contributed by atoms with van der Waals surface area (Å²) in [6, 6.07) is 14.4. The monoisotopic (exact) mass is 284 g/mol. The second kappa shape index (κ2) is 6.33. The number of hydrogen-bond donors (Lipinski definition) is 1. The van der Waals surface area contributed by atoms with Crippen molar-refractivity contribution in [1.29, 1.82) is 0 Å². The molecule has 0 atom stereocenters. The van der Waals surface area contributed by atoms with Crippen molar-refractivity contribution in [3.8, 4) is 5.75 Å². The molecule has 106 valence electrons. The highest BCUT2D eigenvalue weighted by molar-refractivity contribution is 5.95. The number of non-ortho nitro benzene ring substituents is 1. The first-order valence-electron chi connectivity index (χ1n) is 6.05. The number of carbonyl (C=O) groups excluding carboxylic acids is 1. The zero-order valence-corrected chi connectivity index (χ0v) is 10.9. The van der Waals surface area contributed by atoms with Gasteiger partial charge in [0.05, 0.1) is 4.92 Å². The highest BCUT2D eigenvalue weighted by Gasteiger charge is 2.09. The summed E-state index contributed by atoms with van der Waals surface area (Å²) in [6.45, 7) is 0. The van der Waals surface area contributed by atoms with E-state index in [1.54, 1.807) is 24.3 Å². The van der Waals surface area contributed by atoms with Crippen molar-refractivity contribution in [2.45, 2.75) is 0 Å². The summed E-state index contributed by atoms with van der Waals surface area (Å²) >= 11 is 0. The van der Waals surface area contributed by atoms with E-state index in [9.17, 15) is 14.9 Å². The van der Waals surface area contributed by atoms with Crippen LogP contribution in [0.15, 0.2) is 60.4 Å². The van der Waals surface area contributed by atoms with Crippen LogP contribution < -0.4 is 10.5 Å². The van der Waals surface area contributed by atoms with E-state index in [2.05, 4.69) is 0 Å². The Morgan fingerprint density at radius 1 is 1.10 bits per heavy atom. The molecule has 2 aromatic rings. The lowest BCUT2D eigenvalue weighted by Gasteiger charge is -2.06. The molecule has 0 bridgehead atoms. The van der Waals surface area contributed by atoms with Gasteiger partial charge in [0, 0.05) is 12.1 Å². The Kier molecular flexibility index (Phi) is 4.30. The van der Waals surface area contributed by atoms with E-state index in [-0.39, 0.29) is 11.4 Å². The smallest absolute Gasteiger partial charge is 0.284 e. The lowest BCUT2D eigenvalue weighted by Crippen LogP contribution is -2.18. The summed E-state index contributed by atoms with van der Waals surface area (Å²) in [7, 11) is 0. The fraction of sp³-hybridized carbons (Fsp3) is 0. The van der Waals surface area contributed by atoms with E-state index < -0.39 is 10.8 Å². The van der Waals surface area contributed by atoms with E-state index >= 15 is 0 Å². The molecule has 0 saturated heterocycles. The Bertz CT molecular complexity index is 679. The molecule has 0 aromatic heterocycles. The Hall–Kier alpha value is -3.15. The number of nitro groups is 1. The number of nitrogens with two attached hydrogens (primary N) is 1. The van der Waals surface area contributed by atoms with Crippen molar-refractivity contribution < 1.29 is 14.5 Å². The number of ether oxygens (including phenoxy) is 1. The highest BCUT2D eigenvalue weighted by atomic mass is 16.6. The lowest BCUT2D eigenvalue weighted by molar-refractivity contribution is -0.384. The minimum absolute atomic E-state index is 0.0308. The van der Waals surface area contributed by atoms with E-state index in [4.69, 9.17) is 10.5 Å². The fourth-order valence-corrected chi connectivity index (χ4v) is 1.61. The van der Waals surface area contributed by atoms with Crippen LogP contribution >= 0.6 is 0 Å². The van der Waals surface area contributed by atoms with Crippen molar-refractivity contribution >= 4 is 17.7 Å². The van der Waals surface area contributed by atoms with Crippen molar-refractivity contribution in [1.82, 2.24) is 0 Å². The maximum Gasteiger partial charge on any atom is 0.284 e. The first-order chi connectivity index (χ1) is 10.1. The normalized spacial score (nSPS) is 11.0. The second-order valence-corrected chi connectivity index (χ2v) is 4.14. The summed E-state index contributed by atoms with van der Waals surface area (Å²) in [6.07, 6.45) is 1.43. The third kappa shape index (κ3) is 3.90. The van der Waals surface area contributed by atoms with Gasteiger partial charge in [0.25, 0.3) is 11.6 Å². The van der Waals surface area contributed by atoms with Gasteiger partial charge in [0.2, 0.25) is 0 Å². The quantitative estimate of drug-likeness (QED) is 0.395. The van der Waals surface area contributed by atoms with Crippen LogP contribution in [0, 0.1) is 10.1 Å². The maximum absolute atomic E-state index is 11.4. The molecule has 6 heteroatoms. The van der Waals surface area contributed by atoms with E-state index in [0.717, 1.165) is 0 Å². The number of benzene rings is 2. The van der Waals surface area contributed by atoms with Crippen LogP contribution in [0.3, 0.4) is 0 Å². The predicted octanol–water partition coefficient (Wildman–Crippen LogP) is 2.50. The largest absolute Gasteiger partial charge is 0.452 e. The molecule has 2 N–H and O–H groups in total. The van der Waals surface area contributed by atoms with Crippen molar-refractivity contribution in [2.75, 3.05) is 0 Å². The highest BCUT2D eigenvalue weighted by Crippen LogP contribution is 2.17. The van der Waals surface area contributed by atoms with Crippen LogP contribution in [0.1, 0.15) is 5.56 Å². The molecule has 1 amide bonds. The molecule has 0 aliphatic carbocycles. The predicted molar refractivity (Wildman–Crippen MR) is 77.3 cm³/mol. The van der Waals surface area contributed by atoms with Crippen LogP contribution in [0.2, 0.25) is 0 Å². The molecule has 0 radical (unpaired) electrons. The summed E-state index contributed by atoms with van der Waals surface area (Å²) in [5.41, 5.74) is 5.81. The first kappa shape index (κ1) is 14.3. The zero-order valence-electron chi connectivity index (χ0n) is 10.9. The van der Waals surface area contributed by atoms with Crippen molar-refractivity contribution in [3.05, 3.63) is 76.0 Å². The average molecular weight is 284 g/mol. The SMILES string of the molecule is NC(=O)/C(=C/c1ccc([N+](=O)[O-])cc1)Oc1ccccc1. The van der Waals surface area contributed by atoms with Crippen LogP contribution in [-0.4, -0.2) is 10.8 Å². The Morgan fingerprint density at radius 3 is 2.24 bits per heavy atom. The molecule has 2 rings (SSSR count). The van der Waals surface area contributed by atoms with Gasteiger partial charge in [-0.2, -0.15) is 0 Å². The summed E-state index contributed by atoms with van der Waals surface area (Å²) in [5, 5.41) is 10.6. The third-order valence-electron chi connectivity index (χ3n) is 2.62. The molecule has 0 aliphatic rings. The van der Waals surface area contributed by atoms with E-state index in [0.29, 0.717) is 11.3 Å². The Morgan fingerprint density at radius 2 is 1.71 bits per heavy atom. The van der Waals surface area contributed by atoms with Gasteiger partial charge in [0.15, 0.2) is 5.76 Å². The summed E-state index contributed by atoms with van der Waals surface area (Å²) in [4.78, 5) is 21.5. The van der Waals surface area contributed by atoms with Crippen LogP contribution in [0.4, 0.5) is 5.69 Å². The summed E-state index contributed by atoms with van der Waals surface area (Å²) < 4.78 is 5.41. The fourth-order valence-electron chi connectivity index (χ4n) is 1.61. The maximum atomic E-state index is 11.4. The molecule has 6 nitrogen and oxygen atoms in total. The molecular weight excluding hydrogens is 272 g/mol. The first-order valence-corrected chi connectivity index (χ1v) is 6.05. The second-order valence-electron chi connectivity index (χ2n) is 4.14. The van der Waals surface area contributed by atoms with Gasteiger partial charge in [0.1, 0.15) is 5.75 Å². The van der Waals surface area contributed by atoms with Gasteiger partial charge >= 0.3 is 0 Å². The number of nitrogens with zero attached hydrogens (tertiary/aromatic N) is 1. The van der Waals surface area contributed by atoms with Gasteiger partial charge in [-0.25, -0.2) is 0 Å². The van der Waals surface area contributed by atoms with Gasteiger partial charge in [-0.1, -0.05) is 18.2 Å².